The first-order chi connectivity index (χ1) is 9.78. The van der Waals surface area contributed by atoms with Gasteiger partial charge in [-0.15, -0.1) is 0 Å². The Morgan fingerprint density at radius 2 is 2.05 bits per heavy atom. The summed E-state index contributed by atoms with van der Waals surface area (Å²) < 4.78 is 11.0. The van der Waals surface area contributed by atoms with Gasteiger partial charge in [0.2, 0.25) is 0 Å². The van der Waals surface area contributed by atoms with Crippen LogP contribution in [-0.2, 0) is 4.74 Å². The summed E-state index contributed by atoms with van der Waals surface area (Å²) in [5.74, 6) is 1.58. The van der Waals surface area contributed by atoms with Gasteiger partial charge in [0.15, 0.2) is 0 Å². The SMILES string of the molecule is CCC(NCC1CCOC1CC)c1ccc(OC)cc1. The third-order valence-corrected chi connectivity index (χ3v) is 4.30. The third-order valence-electron chi connectivity index (χ3n) is 4.30. The topological polar surface area (TPSA) is 30.5 Å². The summed E-state index contributed by atoms with van der Waals surface area (Å²) in [6.07, 6.45) is 3.84. The van der Waals surface area contributed by atoms with Gasteiger partial charge in [0.1, 0.15) is 5.75 Å². The maximum Gasteiger partial charge on any atom is 0.118 e. The molecule has 1 aliphatic rings. The van der Waals surface area contributed by atoms with Gasteiger partial charge in [-0.05, 0) is 42.9 Å². The van der Waals surface area contributed by atoms with E-state index in [0.29, 0.717) is 18.1 Å². The van der Waals surface area contributed by atoms with Gasteiger partial charge in [0.25, 0.3) is 0 Å². The number of hydrogen-bond donors (Lipinski definition) is 1. The van der Waals surface area contributed by atoms with Gasteiger partial charge in [-0.25, -0.2) is 0 Å². The van der Waals surface area contributed by atoms with E-state index in [4.69, 9.17) is 9.47 Å². The Kier molecular flexibility index (Phi) is 5.86. The first-order valence-corrected chi connectivity index (χ1v) is 7.77. The lowest BCUT2D eigenvalue weighted by atomic mass is 9.98. The number of rotatable bonds is 7. The van der Waals surface area contributed by atoms with E-state index in [2.05, 4.69) is 31.3 Å². The van der Waals surface area contributed by atoms with Crippen molar-refractivity contribution in [3.8, 4) is 5.75 Å². The molecule has 0 amide bonds. The van der Waals surface area contributed by atoms with Crippen LogP contribution in [0, 0.1) is 5.92 Å². The lowest BCUT2D eigenvalue weighted by Gasteiger charge is -2.22. The molecule has 1 aromatic carbocycles. The van der Waals surface area contributed by atoms with Gasteiger partial charge in [-0.2, -0.15) is 0 Å². The van der Waals surface area contributed by atoms with Crippen LogP contribution in [0.5, 0.6) is 5.75 Å². The van der Waals surface area contributed by atoms with Crippen molar-refractivity contribution in [2.24, 2.45) is 5.92 Å². The lowest BCUT2D eigenvalue weighted by molar-refractivity contribution is 0.0865. The van der Waals surface area contributed by atoms with Gasteiger partial charge < -0.3 is 14.8 Å². The molecule has 112 valence electrons. The molecule has 0 bridgehead atoms. The van der Waals surface area contributed by atoms with E-state index >= 15 is 0 Å². The number of nitrogens with one attached hydrogen (secondary N) is 1. The molecule has 3 heteroatoms. The first kappa shape index (κ1) is 15.3. The van der Waals surface area contributed by atoms with Crippen molar-refractivity contribution < 1.29 is 9.47 Å². The molecule has 0 saturated carbocycles. The van der Waals surface area contributed by atoms with Crippen molar-refractivity contribution in [2.75, 3.05) is 20.3 Å². The van der Waals surface area contributed by atoms with Crippen LogP contribution in [0.2, 0.25) is 0 Å². The quantitative estimate of drug-likeness (QED) is 0.826. The molecule has 1 N–H and O–H groups in total. The molecule has 1 aliphatic heterocycles. The smallest absolute Gasteiger partial charge is 0.118 e. The molecule has 1 saturated heterocycles. The van der Waals surface area contributed by atoms with Crippen LogP contribution in [0.3, 0.4) is 0 Å². The minimum absolute atomic E-state index is 0.416. The summed E-state index contributed by atoms with van der Waals surface area (Å²) in [6.45, 7) is 6.40. The largest absolute Gasteiger partial charge is 0.497 e. The zero-order valence-electron chi connectivity index (χ0n) is 12.9. The van der Waals surface area contributed by atoms with Crippen molar-refractivity contribution in [2.45, 2.75) is 45.3 Å². The Labute approximate surface area is 122 Å². The van der Waals surface area contributed by atoms with Crippen molar-refractivity contribution >= 4 is 0 Å². The minimum Gasteiger partial charge on any atom is -0.497 e. The van der Waals surface area contributed by atoms with Gasteiger partial charge >= 0.3 is 0 Å². The van der Waals surface area contributed by atoms with Crippen molar-refractivity contribution in [1.29, 1.82) is 0 Å². The molecule has 1 heterocycles. The van der Waals surface area contributed by atoms with Crippen LogP contribution >= 0.6 is 0 Å². The van der Waals surface area contributed by atoms with Gasteiger partial charge in [-0.3, -0.25) is 0 Å². The van der Waals surface area contributed by atoms with E-state index in [1.807, 2.05) is 12.1 Å². The van der Waals surface area contributed by atoms with Crippen molar-refractivity contribution in [3.05, 3.63) is 29.8 Å². The van der Waals surface area contributed by atoms with Crippen LogP contribution in [-0.4, -0.2) is 26.4 Å². The molecule has 0 aromatic heterocycles. The van der Waals surface area contributed by atoms with Crippen molar-refractivity contribution in [3.63, 3.8) is 0 Å². The monoisotopic (exact) mass is 277 g/mol. The zero-order valence-corrected chi connectivity index (χ0v) is 12.9. The van der Waals surface area contributed by atoms with Crippen LogP contribution in [0.15, 0.2) is 24.3 Å². The minimum atomic E-state index is 0.416. The summed E-state index contributed by atoms with van der Waals surface area (Å²) in [5.41, 5.74) is 1.33. The van der Waals surface area contributed by atoms with Crippen molar-refractivity contribution in [1.82, 2.24) is 5.32 Å². The van der Waals surface area contributed by atoms with Crippen LogP contribution in [0.1, 0.15) is 44.7 Å². The summed E-state index contributed by atoms with van der Waals surface area (Å²) in [4.78, 5) is 0. The molecule has 2 rings (SSSR count). The number of hydrogen-bond acceptors (Lipinski definition) is 3. The molecule has 3 atom stereocenters. The highest BCUT2D eigenvalue weighted by Gasteiger charge is 2.26. The highest BCUT2D eigenvalue weighted by atomic mass is 16.5. The third kappa shape index (κ3) is 3.74. The van der Waals surface area contributed by atoms with E-state index in [9.17, 15) is 0 Å². The number of methoxy groups -OCH3 is 1. The molecule has 0 aliphatic carbocycles. The molecule has 20 heavy (non-hydrogen) atoms. The van der Waals surface area contributed by atoms with Crippen LogP contribution in [0.25, 0.3) is 0 Å². The van der Waals surface area contributed by atoms with E-state index in [1.54, 1.807) is 7.11 Å². The fraction of sp³-hybridized carbons (Fsp3) is 0.647. The molecule has 3 nitrogen and oxygen atoms in total. The number of benzene rings is 1. The molecule has 0 spiro atoms. The van der Waals surface area contributed by atoms with E-state index in [1.165, 1.54) is 12.0 Å². The molecule has 3 unspecified atom stereocenters. The molecule has 1 fully saturated rings. The average Bonchev–Trinajstić information content (AvgIpc) is 2.96. The zero-order chi connectivity index (χ0) is 14.4. The first-order valence-electron chi connectivity index (χ1n) is 7.77. The normalized spacial score (nSPS) is 23.8. The number of ether oxygens (including phenoxy) is 2. The maximum atomic E-state index is 5.76. The van der Waals surface area contributed by atoms with E-state index in [0.717, 1.165) is 31.7 Å². The molecule has 0 radical (unpaired) electrons. The standard InChI is InChI=1S/C17H27NO2/c1-4-16(13-6-8-15(19-3)9-7-13)18-12-14-10-11-20-17(14)5-2/h6-9,14,16-18H,4-5,10-12H2,1-3H3. The van der Waals surface area contributed by atoms with Gasteiger partial charge in [0.05, 0.1) is 13.2 Å². The second-order valence-electron chi connectivity index (χ2n) is 5.51. The fourth-order valence-electron chi connectivity index (χ4n) is 3.01. The van der Waals surface area contributed by atoms with Crippen LogP contribution in [0.4, 0.5) is 0 Å². The second kappa shape index (κ2) is 7.65. The molecular formula is C17H27NO2. The predicted molar refractivity (Wildman–Crippen MR) is 82.2 cm³/mol. The Balaban J connectivity index is 1.91. The maximum absolute atomic E-state index is 5.76. The Hall–Kier alpha value is -1.06. The highest BCUT2D eigenvalue weighted by Crippen LogP contribution is 2.25. The average molecular weight is 277 g/mol. The Morgan fingerprint density at radius 1 is 1.30 bits per heavy atom. The summed E-state index contributed by atoms with van der Waals surface area (Å²) >= 11 is 0. The van der Waals surface area contributed by atoms with Gasteiger partial charge in [0, 0.05) is 19.2 Å². The van der Waals surface area contributed by atoms with E-state index < -0.39 is 0 Å². The summed E-state index contributed by atoms with van der Waals surface area (Å²) in [7, 11) is 1.70. The second-order valence-corrected chi connectivity index (χ2v) is 5.51. The summed E-state index contributed by atoms with van der Waals surface area (Å²) in [6, 6.07) is 8.80. The van der Waals surface area contributed by atoms with Crippen LogP contribution < -0.4 is 10.1 Å². The lowest BCUT2D eigenvalue weighted by Crippen LogP contribution is -2.31. The Bertz CT molecular complexity index is 390. The van der Waals surface area contributed by atoms with E-state index in [-0.39, 0.29) is 0 Å². The fourth-order valence-corrected chi connectivity index (χ4v) is 3.01. The van der Waals surface area contributed by atoms with Gasteiger partial charge in [-0.1, -0.05) is 26.0 Å². The summed E-state index contributed by atoms with van der Waals surface area (Å²) in [5, 5.41) is 3.71. The molecular weight excluding hydrogens is 250 g/mol. The molecule has 1 aromatic rings. The Morgan fingerprint density at radius 3 is 2.65 bits per heavy atom. The predicted octanol–water partition coefficient (Wildman–Crippen LogP) is 3.55. The highest BCUT2D eigenvalue weighted by molar-refractivity contribution is 5.29.